The maximum absolute atomic E-state index is 12.6. The first-order valence-corrected chi connectivity index (χ1v) is 9.82. The van der Waals surface area contributed by atoms with E-state index in [9.17, 15) is 13.2 Å². The summed E-state index contributed by atoms with van der Waals surface area (Å²) in [6.45, 7) is 2.64. The molecule has 0 amide bonds. The van der Waals surface area contributed by atoms with E-state index in [1.54, 1.807) is 11.8 Å². The van der Waals surface area contributed by atoms with E-state index in [1.807, 2.05) is 0 Å². The van der Waals surface area contributed by atoms with Crippen molar-refractivity contribution in [2.75, 3.05) is 23.3 Å². The first kappa shape index (κ1) is 20.5. The molecule has 0 aliphatic carbocycles. The molecule has 2 aromatic heterocycles. The van der Waals surface area contributed by atoms with Gasteiger partial charge in [0.1, 0.15) is 22.4 Å². The van der Waals surface area contributed by atoms with Crippen molar-refractivity contribution in [1.29, 1.82) is 10.8 Å². The Bertz CT molecular complexity index is 1060. The second-order valence-corrected chi connectivity index (χ2v) is 8.06. The third-order valence-electron chi connectivity index (χ3n) is 4.65. The molecule has 2 aliphatic rings. The minimum Gasteiger partial charge on any atom is -0.363 e. The van der Waals surface area contributed by atoms with Crippen LogP contribution < -0.4 is 10.2 Å². The van der Waals surface area contributed by atoms with Gasteiger partial charge in [0.25, 0.3) is 0 Å². The summed E-state index contributed by atoms with van der Waals surface area (Å²) in [5.41, 5.74) is 0.634. The Morgan fingerprint density at radius 3 is 2.50 bits per heavy atom. The molecule has 30 heavy (non-hydrogen) atoms. The van der Waals surface area contributed by atoms with Gasteiger partial charge in [-0.25, -0.2) is 19.9 Å². The molecule has 0 saturated carbocycles. The van der Waals surface area contributed by atoms with Gasteiger partial charge in [0.05, 0.1) is 22.2 Å². The highest BCUT2D eigenvalue weighted by molar-refractivity contribution is 8.15. The van der Waals surface area contributed by atoms with E-state index < -0.39 is 11.7 Å². The van der Waals surface area contributed by atoms with Gasteiger partial charge in [0.15, 0.2) is 0 Å². The Labute approximate surface area is 178 Å². The number of allylic oxidation sites excluding steroid dienone is 1. The highest BCUT2D eigenvalue weighted by Crippen LogP contribution is 2.44. The molecule has 8 nitrogen and oxygen atoms in total. The molecule has 0 unspecified atom stereocenters. The Kier molecular flexibility index (Phi) is 5.14. The van der Waals surface area contributed by atoms with Gasteiger partial charge in [-0.2, -0.15) is 13.2 Å². The summed E-state index contributed by atoms with van der Waals surface area (Å²) in [5, 5.41) is 19.2. The van der Waals surface area contributed by atoms with Gasteiger partial charge in [0, 0.05) is 31.1 Å². The Morgan fingerprint density at radius 2 is 1.90 bits per heavy atom. The van der Waals surface area contributed by atoms with Gasteiger partial charge >= 0.3 is 6.18 Å². The van der Waals surface area contributed by atoms with Crippen LogP contribution in [-0.4, -0.2) is 49.3 Å². The maximum atomic E-state index is 12.6. The lowest BCUT2D eigenvalue weighted by Gasteiger charge is -2.39. The van der Waals surface area contributed by atoms with E-state index in [0.717, 1.165) is 12.4 Å². The van der Waals surface area contributed by atoms with Crippen LogP contribution in [0.3, 0.4) is 0 Å². The maximum Gasteiger partial charge on any atom is 0.419 e. The molecule has 1 fully saturated rings. The number of rotatable bonds is 4. The summed E-state index contributed by atoms with van der Waals surface area (Å²) in [6.07, 6.45) is -1.55. The van der Waals surface area contributed by atoms with Crippen LogP contribution in [0.2, 0.25) is 0 Å². The number of fused-ring (bicyclic) bond motifs is 1. The van der Waals surface area contributed by atoms with Gasteiger partial charge in [-0.05, 0) is 12.5 Å². The molecule has 4 heterocycles. The monoisotopic (exact) mass is 454 g/mol. The number of alkyl halides is 3. The first-order chi connectivity index (χ1) is 14.1. The molecule has 0 atom stereocenters. The van der Waals surface area contributed by atoms with Crippen LogP contribution in [0.5, 0.6) is 0 Å². The summed E-state index contributed by atoms with van der Waals surface area (Å²) >= 11 is 6.97. The van der Waals surface area contributed by atoms with E-state index in [-0.39, 0.29) is 22.2 Å². The van der Waals surface area contributed by atoms with E-state index >= 15 is 0 Å². The lowest BCUT2D eigenvalue weighted by Crippen LogP contribution is -2.55. The summed E-state index contributed by atoms with van der Waals surface area (Å²) < 4.78 is 37.9. The van der Waals surface area contributed by atoms with Crippen molar-refractivity contribution in [2.24, 2.45) is 0 Å². The van der Waals surface area contributed by atoms with Gasteiger partial charge in [0.2, 0.25) is 5.95 Å². The zero-order valence-corrected chi connectivity index (χ0v) is 17.0. The summed E-state index contributed by atoms with van der Waals surface area (Å²) in [6, 6.07) is -0.0230. The van der Waals surface area contributed by atoms with Crippen LogP contribution in [0, 0.1) is 10.8 Å². The average molecular weight is 455 g/mol. The third-order valence-corrected chi connectivity index (χ3v) is 5.93. The standard InChI is InChI=1S/C17H14ClF3N8S/c1-7(13(18)22)10-11-12(30-14(10)23)15(27-6-26-11)28-9-4-29(5-9)16-24-2-8(3-25-16)17(19,20)21/h2-3,6,9,22-23H,4-5H2,1H3,(H,26,27,28)/b10-7-,22-13?,23-14?. The number of thioether (sulfide) groups is 1. The molecule has 0 aromatic carbocycles. The number of hydrogen-bond acceptors (Lipinski definition) is 9. The quantitative estimate of drug-likeness (QED) is 0.604. The second kappa shape index (κ2) is 7.51. The van der Waals surface area contributed by atoms with Gasteiger partial charge < -0.3 is 10.2 Å². The van der Waals surface area contributed by atoms with Crippen molar-refractivity contribution in [3.63, 3.8) is 0 Å². The van der Waals surface area contributed by atoms with Crippen LogP contribution >= 0.6 is 23.4 Å². The number of halogens is 4. The molecular formula is C17H14ClF3N8S. The fraction of sp³-hybridized carbons (Fsp3) is 0.294. The highest BCUT2D eigenvalue weighted by Gasteiger charge is 2.35. The molecule has 2 aliphatic heterocycles. The lowest BCUT2D eigenvalue weighted by atomic mass is 10.1. The number of anilines is 2. The third kappa shape index (κ3) is 3.72. The second-order valence-electron chi connectivity index (χ2n) is 6.66. The Morgan fingerprint density at radius 1 is 1.23 bits per heavy atom. The smallest absolute Gasteiger partial charge is 0.363 e. The predicted molar refractivity (Wildman–Crippen MR) is 108 cm³/mol. The van der Waals surface area contributed by atoms with Crippen molar-refractivity contribution in [3.8, 4) is 0 Å². The topological polar surface area (TPSA) is 115 Å². The zero-order chi connectivity index (χ0) is 21.6. The fourth-order valence-electron chi connectivity index (χ4n) is 3.03. The van der Waals surface area contributed by atoms with Crippen molar-refractivity contribution in [3.05, 3.63) is 35.6 Å². The molecule has 2 aromatic rings. The average Bonchev–Trinajstić information content (AvgIpc) is 2.99. The van der Waals surface area contributed by atoms with Gasteiger partial charge in [-0.15, -0.1) is 0 Å². The van der Waals surface area contributed by atoms with Crippen molar-refractivity contribution >= 4 is 50.9 Å². The molecule has 13 heteroatoms. The molecule has 0 spiro atoms. The number of hydrogen-bond donors (Lipinski definition) is 3. The SMILES string of the molecule is C/C(C(=N)Cl)=C1/C(=N)Sc2c(NC3CN(c4ncc(C(F)(F)F)cn4)C3)ncnc21. The molecule has 0 bridgehead atoms. The van der Waals surface area contributed by atoms with Gasteiger partial charge in [-0.1, -0.05) is 23.4 Å². The summed E-state index contributed by atoms with van der Waals surface area (Å²) in [7, 11) is 0. The van der Waals surface area contributed by atoms with Gasteiger partial charge in [-0.3, -0.25) is 10.8 Å². The van der Waals surface area contributed by atoms with E-state index in [4.69, 9.17) is 22.4 Å². The number of aromatic nitrogens is 4. The first-order valence-electron chi connectivity index (χ1n) is 8.63. The van der Waals surface area contributed by atoms with E-state index in [1.165, 1.54) is 18.1 Å². The summed E-state index contributed by atoms with van der Waals surface area (Å²) in [4.78, 5) is 18.5. The van der Waals surface area contributed by atoms with Crippen LogP contribution in [-0.2, 0) is 6.18 Å². The number of nitrogens with one attached hydrogen (secondary N) is 3. The van der Waals surface area contributed by atoms with Crippen LogP contribution in [0.15, 0.2) is 29.2 Å². The largest absolute Gasteiger partial charge is 0.419 e. The molecule has 4 rings (SSSR count). The van der Waals surface area contributed by atoms with E-state index in [2.05, 4.69) is 25.3 Å². The van der Waals surface area contributed by atoms with Crippen molar-refractivity contribution < 1.29 is 13.2 Å². The lowest BCUT2D eigenvalue weighted by molar-refractivity contribution is -0.138. The molecule has 3 N–H and O–H groups in total. The molecular weight excluding hydrogens is 441 g/mol. The van der Waals surface area contributed by atoms with E-state index in [0.29, 0.717) is 40.6 Å². The molecule has 156 valence electrons. The Balaban J connectivity index is 1.46. The predicted octanol–water partition coefficient (Wildman–Crippen LogP) is 3.66. The minimum atomic E-state index is -4.47. The summed E-state index contributed by atoms with van der Waals surface area (Å²) in [5.74, 6) is 0.781. The van der Waals surface area contributed by atoms with Crippen molar-refractivity contribution in [2.45, 2.75) is 24.0 Å². The molecule has 0 radical (unpaired) electrons. The normalized spacial score (nSPS) is 18.2. The van der Waals surface area contributed by atoms with Crippen LogP contribution in [0.1, 0.15) is 18.2 Å². The highest BCUT2D eigenvalue weighted by atomic mass is 35.5. The Hall–Kier alpha value is -2.73. The van der Waals surface area contributed by atoms with Crippen LogP contribution in [0.25, 0.3) is 5.57 Å². The number of nitrogens with zero attached hydrogens (tertiary/aromatic N) is 5. The van der Waals surface area contributed by atoms with Crippen LogP contribution in [0.4, 0.5) is 24.9 Å². The molecule has 1 saturated heterocycles. The zero-order valence-electron chi connectivity index (χ0n) is 15.4. The van der Waals surface area contributed by atoms with Crippen molar-refractivity contribution in [1.82, 2.24) is 19.9 Å². The fourth-order valence-corrected chi connectivity index (χ4v) is 4.14. The minimum absolute atomic E-state index is 0.0230.